The quantitative estimate of drug-likeness (QED) is 0.0264. The van der Waals surface area contributed by atoms with Gasteiger partial charge in [-0.05, 0) is 111 Å². The van der Waals surface area contributed by atoms with Crippen LogP contribution < -0.4 is 0 Å². The van der Waals surface area contributed by atoms with Gasteiger partial charge in [0.25, 0.3) is 0 Å². The van der Waals surface area contributed by atoms with Crippen LogP contribution in [0.2, 0.25) is 0 Å². The molecule has 7 saturated heterocycles. The lowest BCUT2D eigenvalue weighted by Gasteiger charge is -2.71. The number of aliphatic hydroxyl groups excluding tert-OH is 16. The summed E-state index contributed by atoms with van der Waals surface area (Å²) in [5.41, 5.74) is -6.70. The van der Waals surface area contributed by atoms with Crippen LogP contribution >= 0.6 is 0 Å². The fourth-order valence-corrected chi connectivity index (χ4v) is 20.3. The molecule has 0 radical (unpaired) electrons. The Labute approximate surface area is 606 Å². The molecule has 35 heteroatoms. The van der Waals surface area contributed by atoms with E-state index in [4.69, 9.17) is 66.3 Å². The van der Waals surface area contributed by atoms with Gasteiger partial charge in [-0.2, -0.15) is 0 Å². The Bertz CT molecular complexity index is 3100. The molecular weight excluding hydrogens is 1400 g/mol. The number of carbonyl (C=O) groups excluding carboxylic acids is 2. The molecule has 12 aliphatic rings. The number of rotatable bonds is 18. The molecule has 7 aliphatic heterocycles. The number of allylic oxidation sites excluding steroid dienone is 2. The molecule has 4 saturated carbocycles. The molecule has 35 nitrogen and oxygen atoms in total. The summed E-state index contributed by atoms with van der Waals surface area (Å²) in [7, 11) is 0. The van der Waals surface area contributed by atoms with Crippen molar-refractivity contribution < 1.29 is 173 Å². The number of aliphatic hydroxyl groups is 17. The minimum Gasteiger partial charge on any atom is -0.479 e. The summed E-state index contributed by atoms with van der Waals surface area (Å²) in [6.07, 6.45) is -46.5. The van der Waals surface area contributed by atoms with Crippen molar-refractivity contribution in [2.24, 2.45) is 56.2 Å². The normalized spacial score (nSPS) is 55.0. The molecule has 11 fully saturated rings. The minimum atomic E-state index is -2.22. The van der Waals surface area contributed by atoms with Crippen molar-refractivity contribution >= 4 is 18.2 Å². The number of aldehydes is 1. The van der Waals surface area contributed by atoms with Crippen molar-refractivity contribution in [3.63, 3.8) is 0 Å². The van der Waals surface area contributed by atoms with Gasteiger partial charge in [0, 0.05) is 5.92 Å². The highest BCUT2D eigenvalue weighted by Gasteiger charge is 2.73. The van der Waals surface area contributed by atoms with Crippen LogP contribution in [0.4, 0.5) is 0 Å². The second-order valence-electron chi connectivity index (χ2n) is 33.6. The van der Waals surface area contributed by atoms with E-state index in [0.717, 1.165) is 11.9 Å². The average molecular weight is 1510 g/mol. The van der Waals surface area contributed by atoms with E-state index < -0.39 is 286 Å². The first-order valence-electron chi connectivity index (χ1n) is 36.7. The van der Waals surface area contributed by atoms with E-state index in [9.17, 15) is 102 Å². The Morgan fingerprint density at radius 2 is 1.17 bits per heavy atom. The molecule has 0 amide bonds. The van der Waals surface area contributed by atoms with Gasteiger partial charge in [-0.3, -0.25) is 4.79 Å². The molecule has 41 atom stereocenters. The van der Waals surface area contributed by atoms with E-state index in [1.807, 2.05) is 0 Å². The zero-order chi connectivity index (χ0) is 76.7. The molecule has 0 bridgehead atoms. The van der Waals surface area contributed by atoms with Crippen LogP contribution in [-0.2, 0) is 80.7 Å². The van der Waals surface area contributed by atoms with Gasteiger partial charge >= 0.3 is 11.9 Å². The number of carboxylic acids is 1. The Kier molecular flexibility index (Phi) is 23.5. The van der Waals surface area contributed by atoms with E-state index in [1.165, 1.54) is 6.92 Å². The molecule has 12 rings (SSSR count). The molecule has 7 heterocycles. The van der Waals surface area contributed by atoms with Gasteiger partial charge in [-0.25, -0.2) is 4.79 Å². The minimum absolute atomic E-state index is 0.0704. The first-order valence-corrected chi connectivity index (χ1v) is 36.7. The number of hydrogen-bond acceptors (Lipinski definition) is 34. The van der Waals surface area contributed by atoms with Crippen LogP contribution in [-0.4, -0.2) is 339 Å². The zero-order valence-electron chi connectivity index (χ0n) is 60.3. The third kappa shape index (κ3) is 13.8. The van der Waals surface area contributed by atoms with E-state index in [1.54, 1.807) is 20.8 Å². The van der Waals surface area contributed by atoms with Crippen LogP contribution in [0.1, 0.15) is 120 Å². The lowest BCUT2D eigenvalue weighted by Crippen LogP contribution is -2.69. The largest absolute Gasteiger partial charge is 0.479 e. The number of carbonyl (C=O) groups is 3. The lowest BCUT2D eigenvalue weighted by molar-refractivity contribution is -0.391. The molecule has 0 aromatic rings. The Morgan fingerprint density at radius 1 is 0.552 bits per heavy atom. The van der Waals surface area contributed by atoms with Crippen molar-refractivity contribution in [1.82, 2.24) is 0 Å². The third-order valence-electron chi connectivity index (χ3n) is 27.0. The Balaban J connectivity index is 0.777. The van der Waals surface area contributed by atoms with E-state index in [2.05, 4.69) is 40.7 Å². The van der Waals surface area contributed by atoms with Gasteiger partial charge in [0.1, 0.15) is 121 Å². The maximum atomic E-state index is 15.8. The highest BCUT2D eigenvalue weighted by atomic mass is 16.8. The van der Waals surface area contributed by atoms with E-state index in [-0.39, 0.29) is 30.6 Å². The van der Waals surface area contributed by atoms with Crippen LogP contribution in [0.5, 0.6) is 0 Å². The van der Waals surface area contributed by atoms with Gasteiger partial charge in [-0.15, -0.1) is 0 Å². The summed E-state index contributed by atoms with van der Waals surface area (Å²) in [6, 6.07) is 0. The van der Waals surface area contributed by atoms with Crippen molar-refractivity contribution in [3.8, 4) is 0 Å². The second kappa shape index (κ2) is 30.2. The first-order chi connectivity index (χ1) is 49.2. The zero-order valence-corrected chi connectivity index (χ0v) is 60.3. The predicted octanol–water partition coefficient (Wildman–Crippen LogP) is -5.07. The maximum absolute atomic E-state index is 15.8. The average Bonchev–Trinajstić information content (AvgIpc) is 0.902. The fraction of sp³-hybridized carbons (Fsp3) is 0.929. The van der Waals surface area contributed by atoms with Gasteiger partial charge < -0.3 is 163 Å². The highest BCUT2D eigenvalue weighted by Crippen LogP contribution is 2.76. The van der Waals surface area contributed by atoms with Crippen LogP contribution in [0, 0.1) is 56.2 Å². The Hall–Kier alpha value is -2.85. The SMILES string of the molecule is CC1OC(OC(=O)[C@]23CCC(C)(C)CC2C2=CCC4[C@@]5(C)CC[C@H](OC6OC(C(=O)O)C(O)C(OC7OCC(O)C(O)C7O)C6OC6OC(CO)C(O)C(O)C6O)[C@@](C)(C=O)C5CC[C@@]4(C)[C@]2(C)C[C@H]3O)C(OC2OC(C)C(OC3OCC(O)C(OC4OCC(O)(CO)C4O)C3O)C(C)C2O)C(O)C1O. The Morgan fingerprint density at radius 3 is 1.83 bits per heavy atom. The molecular formula is C70H110O35. The fourth-order valence-electron chi connectivity index (χ4n) is 20.3. The van der Waals surface area contributed by atoms with Crippen molar-refractivity contribution in [1.29, 1.82) is 0 Å². The topological polar surface area (TPSA) is 545 Å². The number of hydrogen-bond donors (Lipinski definition) is 18. The van der Waals surface area contributed by atoms with Crippen molar-refractivity contribution in [2.45, 2.75) is 316 Å². The van der Waals surface area contributed by atoms with Crippen LogP contribution in [0.15, 0.2) is 11.6 Å². The van der Waals surface area contributed by atoms with Gasteiger partial charge in [-0.1, -0.05) is 60.1 Å². The molecule has 600 valence electrons. The van der Waals surface area contributed by atoms with Crippen LogP contribution in [0.25, 0.3) is 0 Å². The monoisotopic (exact) mass is 1510 g/mol. The number of aliphatic carboxylic acids is 1. The number of ether oxygens (including phenoxy) is 14. The molecule has 34 unspecified atom stereocenters. The molecule has 0 aromatic heterocycles. The van der Waals surface area contributed by atoms with Crippen LogP contribution in [0.3, 0.4) is 0 Å². The molecule has 18 N–H and O–H groups in total. The standard InChI is InChI=1S/C70H110O35/c1-26-38(77)58(96-28(3)48(26)99-57-47(86)49(32(75)22-93-57)100-62-54(87)69(91,24-73)25-94-62)103-52-43(82)39(78)27(2)95-60(52)105-63(90)70-17-16-64(4,5)18-30(70)29-10-11-35-65(6)14-13-37(66(7,23-72)34(65)12-15-67(35,8)68(29,9)19-36(70)76)98-61-53(104-59-45(84)42(81)41(80)33(20-71)97-59)50(46(85)51(102-61)55(88)89)101-56-44(83)40(79)31(74)21-92-56/h10,23,26-28,30-54,56-62,71,73-87,91H,11-22,24-25H2,1-9H3,(H,88,89)/t26?,27?,28?,30?,31?,32?,33?,34?,35?,36-,37+,38?,39?,40?,41?,42?,43?,44?,45?,46?,47?,48?,49?,50?,51?,52?,53?,54?,56?,57?,58?,59?,60?,61?,62?,65+,66+,67-,68-,69?,70-/m1/s1. The van der Waals surface area contributed by atoms with Crippen molar-refractivity contribution in [3.05, 3.63) is 11.6 Å². The molecule has 105 heavy (non-hydrogen) atoms. The predicted molar refractivity (Wildman–Crippen MR) is 345 cm³/mol. The van der Waals surface area contributed by atoms with E-state index >= 15 is 4.79 Å². The summed E-state index contributed by atoms with van der Waals surface area (Å²) in [4.78, 5) is 43.0. The second-order valence-corrected chi connectivity index (χ2v) is 33.6. The number of esters is 1. The summed E-state index contributed by atoms with van der Waals surface area (Å²) >= 11 is 0. The van der Waals surface area contributed by atoms with Crippen molar-refractivity contribution in [2.75, 3.05) is 33.0 Å². The summed E-state index contributed by atoms with van der Waals surface area (Å²) in [5.74, 6) is -4.83. The third-order valence-corrected chi connectivity index (χ3v) is 27.0. The molecule has 0 aromatic carbocycles. The van der Waals surface area contributed by atoms with Gasteiger partial charge in [0.15, 0.2) is 49.9 Å². The smallest absolute Gasteiger partial charge is 0.335 e. The molecule has 0 spiro atoms. The number of fused-ring (bicyclic) bond motifs is 7. The summed E-state index contributed by atoms with van der Waals surface area (Å²) < 4.78 is 84.4. The van der Waals surface area contributed by atoms with Gasteiger partial charge in [0.2, 0.25) is 6.29 Å². The molecule has 5 aliphatic carbocycles. The van der Waals surface area contributed by atoms with Gasteiger partial charge in [0.05, 0.1) is 69.0 Å². The summed E-state index contributed by atoms with van der Waals surface area (Å²) in [6.45, 7) is 13.6. The van der Waals surface area contributed by atoms with E-state index in [0.29, 0.717) is 38.5 Å². The number of carboxylic acid groups (broad SMARTS) is 1. The summed E-state index contributed by atoms with van der Waals surface area (Å²) in [5, 5.41) is 198. The highest BCUT2D eigenvalue weighted by molar-refractivity contribution is 5.80. The maximum Gasteiger partial charge on any atom is 0.335 e. The first kappa shape index (κ1) is 81.6. The lowest BCUT2D eigenvalue weighted by atomic mass is 9.33.